The maximum Gasteiger partial charge on any atom is 0.230 e. The van der Waals surface area contributed by atoms with E-state index < -0.39 is 0 Å². The van der Waals surface area contributed by atoms with Crippen LogP contribution in [-0.4, -0.2) is 20.8 Å². The van der Waals surface area contributed by atoms with Crippen LogP contribution in [-0.2, 0) is 17.8 Å². The van der Waals surface area contributed by atoms with Gasteiger partial charge >= 0.3 is 0 Å². The molecule has 112 valence electrons. The van der Waals surface area contributed by atoms with Gasteiger partial charge in [-0.15, -0.1) is 0 Å². The molecule has 2 aromatic heterocycles. The Morgan fingerprint density at radius 2 is 2.29 bits per heavy atom. The molecule has 0 bridgehead atoms. The van der Waals surface area contributed by atoms with E-state index in [4.69, 9.17) is 16.1 Å². The Hall–Kier alpha value is -1.82. The van der Waals surface area contributed by atoms with Gasteiger partial charge in [0.25, 0.3) is 0 Å². The first kappa shape index (κ1) is 14.1. The zero-order valence-corrected chi connectivity index (χ0v) is 12.8. The molecule has 1 aliphatic rings. The van der Waals surface area contributed by atoms with Gasteiger partial charge in [0.2, 0.25) is 11.1 Å². The van der Waals surface area contributed by atoms with Crippen LogP contribution in [0.5, 0.6) is 0 Å². The molecule has 3 rings (SSSR count). The maximum atomic E-state index is 12.2. The molecular weight excluding hydrogens is 292 g/mol. The third-order valence-corrected chi connectivity index (χ3v) is 3.98. The summed E-state index contributed by atoms with van der Waals surface area (Å²) < 4.78 is 6.73. The molecule has 0 spiro atoms. The minimum Gasteiger partial charge on any atom is -0.344 e. The normalized spacial score (nSPS) is 14.4. The lowest BCUT2D eigenvalue weighted by Gasteiger charge is -2.09. The van der Waals surface area contributed by atoms with Gasteiger partial charge in [-0.05, 0) is 44.2 Å². The average Bonchev–Trinajstić information content (AvgIpc) is 3.14. The minimum absolute atomic E-state index is 0.141. The van der Waals surface area contributed by atoms with Gasteiger partial charge in [-0.1, -0.05) is 5.16 Å². The molecule has 1 amide bonds. The molecule has 1 N–H and O–H groups in total. The lowest BCUT2D eigenvalue weighted by molar-refractivity contribution is -0.115. The third kappa shape index (κ3) is 3.10. The SMILES string of the molecule is Cc1cnn(CC2CC2)c1NC(=O)Cc1c(C)noc1Cl. The Morgan fingerprint density at radius 1 is 1.52 bits per heavy atom. The fraction of sp³-hybridized carbons (Fsp3) is 0.500. The number of amides is 1. The molecule has 1 saturated carbocycles. The first-order chi connectivity index (χ1) is 10.0. The molecule has 0 atom stereocenters. The lowest BCUT2D eigenvalue weighted by Crippen LogP contribution is -2.19. The van der Waals surface area contributed by atoms with Gasteiger partial charge < -0.3 is 9.84 Å². The van der Waals surface area contributed by atoms with Crippen molar-refractivity contribution in [1.29, 1.82) is 0 Å². The van der Waals surface area contributed by atoms with Gasteiger partial charge in [0, 0.05) is 17.7 Å². The number of nitrogens with one attached hydrogen (secondary N) is 1. The van der Waals surface area contributed by atoms with E-state index in [9.17, 15) is 4.79 Å². The minimum atomic E-state index is -0.149. The summed E-state index contributed by atoms with van der Waals surface area (Å²) in [6.45, 7) is 4.56. The van der Waals surface area contributed by atoms with Crippen LogP contribution in [0, 0.1) is 19.8 Å². The van der Waals surface area contributed by atoms with E-state index >= 15 is 0 Å². The van der Waals surface area contributed by atoms with Crippen LogP contribution in [0.15, 0.2) is 10.7 Å². The highest BCUT2D eigenvalue weighted by Gasteiger charge is 2.24. The van der Waals surface area contributed by atoms with Gasteiger partial charge in [-0.25, -0.2) is 4.68 Å². The Balaban J connectivity index is 1.71. The van der Waals surface area contributed by atoms with E-state index in [-0.39, 0.29) is 17.5 Å². The molecule has 6 nitrogen and oxygen atoms in total. The second kappa shape index (κ2) is 5.52. The molecule has 1 fully saturated rings. The second-order valence-corrected chi connectivity index (χ2v) is 5.89. The molecule has 1 aliphatic carbocycles. The van der Waals surface area contributed by atoms with Crippen molar-refractivity contribution in [2.75, 3.05) is 5.32 Å². The van der Waals surface area contributed by atoms with Crippen LogP contribution in [0.4, 0.5) is 5.82 Å². The number of aryl methyl sites for hydroxylation is 2. The molecule has 0 radical (unpaired) electrons. The van der Waals surface area contributed by atoms with Crippen LogP contribution in [0.25, 0.3) is 0 Å². The van der Waals surface area contributed by atoms with Crippen molar-refractivity contribution in [3.05, 3.63) is 28.2 Å². The summed E-state index contributed by atoms with van der Waals surface area (Å²) in [5.41, 5.74) is 2.22. The Labute approximate surface area is 127 Å². The summed E-state index contributed by atoms with van der Waals surface area (Å²) in [7, 11) is 0. The number of rotatable bonds is 5. The van der Waals surface area contributed by atoms with Gasteiger partial charge in [0.1, 0.15) is 5.82 Å². The number of nitrogens with zero attached hydrogens (tertiary/aromatic N) is 3. The lowest BCUT2D eigenvalue weighted by atomic mass is 10.2. The highest BCUT2D eigenvalue weighted by Crippen LogP contribution is 2.32. The monoisotopic (exact) mass is 308 g/mol. The van der Waals surface area contributed by atoms with Crippen molar-refractivity contribution >= 4 is 23.3 Å². The second-order valence-electron chi connectivity index (χ2n) is 5.55. The smallest absolute Gasteiger partial charge is 0.230 e. The zero-order valence-electron chi connectivity index (χ0n) is 12.0. The van der Waals surface area contributed by atoms with Crippen molar-refractivity contribution in [2.24, 2.45) is 5.92 Å². The largest absolute Gasteiger partial charge is 0.344 e. The Bertz CT molecular complexity index is 653. The predicted octanol–water partition coefficient (Wildman–Crippen LogP) is 2.73. The van der Waals surface area contributed by atoms with Crippen molar-refractivity contribution in [2.45, 2.75) is 39.7 Å². The van der Waals surface area contributed by atoms with E-state index in [0.717, 1.165) is 17.9 Å². The van der Waals surface area contributed by atoms with Crippen molar-refractivity contribution in [3.63, 3.8) is 0 Å². The Morgan fingerprint density at radius 3 is 2.90 bits per heavy atom. The van der Waals surface area contributed by atoms with Gasteiger partial charge in [-0.2, -0.15) is 5.10 Å². The first-order valence-corrected chi connectivity index (χ1v) is 7.35. The van der Waals surface area contributed by atoms with E-state index in [0.29, 0.717) is 17.2 Å². The summed E-state index contributed by atoms with van der Waals surface area (Å²) >= 11 is 5.88. The van der Waals surface area contributed by atoms with E-state index in [1.54, 1.807) is 13.1 Å². The van der Waals surface area contributed by atoms with Gasteiger partial charge in [0.15, 0.2) is 0 Å². The van der Waals surface area contributed by atoms with Crippen LogP contribution in [0.3, 0.4) is 0 Å². The first-order valence-electron chi connectivity index (χ1n) is 6.97. The van der Waals surface area contributed by atoms with Crippen LogP contribution < -0.4 is 5.32 Å². The highest BCUT2D eigenvalue weighted by molar-refractivity contribution is 6.29. The fourth-order valence-corrected chi connectivity index (χ4v) is 2.46. The summed E-state index contributed by atoms with van der Waals surface area (Å²) in [4.78, 5) is 12.2. The van der Waals surface area contributed by atoms with Crippen molar-refractivity contribution < 1.29 is 9.32 Å². The molecule has 21 heavy (non-hydrogen) atoms. The average molecular weight is 309 g/mol. The van der Waals surface area contributed by atoms with Crippen LogP contribution >= 0.6 is 11.6 Å². The Kier molecular flexibility index (Phi) is 3.71. The molecule has 2 heterocycles. The quantitative estimate of drug-likeness (QED) is 0.921. The van der Waals surface area contributed by atoms with E-state index in [1.165, 1.54) is 12.8 Å². The summed E-state index contributed by atoms with van der Waals surface area (Å²) in [6, 6.07) is 0. The van der Waals surface area contributed by atoms with Crippen molar-refractivity contribution in [1.82, 2.24) is 14.9 Å². The zero-order chi connectivity index (χ0) is 15.0. The number of anilines is 1. The van der Waals surface area contributed by atoms with Crippen LogP contribution in [0.2, 0.25) is 5.22 Å². The number of carbonyl (C=O) groups excluding carboxylic acids is 1. The molecule has 0 unspecified atom stereocenters. The summed E-state index contributed by atoms with van der Waals surface area (Å²) in [5.74, 6) is 1.30. The highest BCUT2D eigenvalue weighted by atomic mass is 35.5. The van der Waals surface area contributed by atoms with Gasteiger partial charge in [0.05, 0.1) is 18.3 Å². The molecule has 0 aliphatic heterocycles. The maximum absolute atomic E-state index is 12.2. The molecule has 0 aromatic carbocycles. The number of carbonyl (C=O) groups is 1. The third-order valence-electron chi connectivity index (χ3n) is 3.68. The van der Waals surface area contributed by atoms with Crippen molar-refractivity contribution in [3.8, 4) is 0 Å². The summed E-state index contributed by atoms with van der Waals surface area (Å²) in [6.07, 6.45) is 4.39. The number of hydrogen-bond donors (Lipinski definition) is 1. The van der Waals surface area contributed by atoms with Crippen LogP contribution in [0.1, 0.15) is 29.7 Å². The standard InChI is InChI=1S/C14H17ClN4O2/c1-8-6-16-19(7-10-3-4-10)14(8)17-12(20)5-11-9(2)18-21-13(11)15/h6,10H,3-5,7H2,1-2H3,(H,17,20). The fourth-order valence-electron chi connectivity index (χ4n) is 2.22. The molecular formula is C14H17ClN4O2. The number of aromatic nitrogens is 3. The topological polar surface area (TPSA) is 73.0 Å². The number of hydrogen-bond acceptors (Lipinski definition) is 4. The van der Waals surface area contributed by atoms with E-state index in [2.05, 4.69) is 15.6 Å². The molecule has 2 aromatic rings. The molecule has 7 heteroatoms. The van der Waals surface area contributed by atoms with Gasteiger partial charge in [-0.3, -0.25) is 4.79 Å². The summed E-state index contributed by atoms with van der Waals surface area (Å²) in [5, 5.41) is 11.2. The van der Waals surface area contributed by atoms with E-state index in [1.807, 2.05) is 11.6 Å². The molecule has 0 saturated heterocycles. The predicted molar refractivity (Wildman–Crippen MR) is 78.3 cm³/mol. The number of halogens is 1.